The topological polar surface area (TPSA) is 30.5 Å². The molecule has 0 aromatic heterocycles. The smallest absolute Gasteiger partial charge is 0.389 e. The van der Waals surface area contributed by atoms with Gasteiger partial charge >= 0.3 is 6.18 Å². The van der Waals surface area contributed by atoms with Gasteiger partial charge in [-0.25, -0.2) is 0 Å². The van der Waals surface area contributed by atoms with Crippen LogP contribution in [0.3, 0.4) is 0 Å². The monoisotopic (exact) mass is 277 g/mol. The highest BCUT2D eigenvalue weighted by Crippen LogP contribution is 2.23. The Balaban J connectivity index is 2.40. The van der Waals surface area contributed by atoms with E-state index in [0.29, 0.717) is 24.6 Å². The summed E-state index contributed by atoms with van der Waals surface area (Å²) in [5.74, 6) is 1.32. The second kappa shape index (κ2) is 7.23. The first-order valence-electron chi connectivity index (χ1n) is 5.94. The number of benzene rings is 1. The molecule has 1 N–H and O–H groups in total. The summed E-state index contributed by atoms with van der Waals surface area (Å²) in [6.45, 7) is 0.796. The standard InChI is InChI=1S/C13H18F3NO2/c1-18-11-6-10(7-12(8-11)19-2)9-17-5-3-4-13(14,15)16/h6-8,17H,3-5,9H2,1-2H3. The van der Waals surface area contributed by atoms with Crippen LogP contribution in [0, 0.1) is 0 Å². The highest BCUT2D eigenvalue weighted by atomic mass is 19.4. The number of methoxy groups -OCH3 is 2. The maximum atomic E-state index is 11.9. The van der Waals surface area contributed by atoms with Crippen LogP contribution in [0.25, 0.3) is 0 Å². The minimum Gasteiger partial charge on any atom is -0.497 e. The van der Waals surface area contributed by atoms with E-state index >= 15 is 0 Å². The van der Waals surface area contributed by atoms with Crippen molar-refractivity contribution in [2.45, 2.75) is 25.6 Å². The summed E-state index contributed by atoms with van der Waals surface area (Å²) >= 11 is 0. The molecular formula is C13H18F3NO2. The molecule has 1 rings (SSSR count). The summed E-state index contributed by atoms with van der Waals surface area (Å²) in [6.07, 6.45) is -4.77. The zero-order valence-corrected chi connectivity index (χ0v) is 11.0. The zero-order chi connectivity index (χ0) is 14.3. The Kier molecular flexibility index (Phi) is 5.95. The molecular weight excluding hydrogens is 259 g/mol. The Labute approximate surface area is 110 Å². The highest BCUT2D eigenvalue weighted by Gasteiger charge is 2.25. The average Bonchev–Trinajstić information content (AvgIpc) is 2.36. The van der Waals surface area contributed by atoms with E-state index in [4.69, 9.17) is 9.47 Å². The molecule has 0 saturated heterocycles. The molecule has 0 amide bonds. The van der Waals surface area contributed by atoms with Crippen LogP contribution in [0.5, 0.6) is 11.5 Å². The SMILES string of the molecule is COc1cc(CNCCCC(F)(F)F)cc(OC)c1. The zero-order valence-electron chi connectivity index (χ0n) is 11.0. The van der Waals surface area contributed by atoms with Gasteiger partial charge in [-0.1, -0.05) is 0 Å². The third kappa shape index (κ3) is 6.33. The van der Waals surface area contributed by atoms with Crippen molar-refractivity contribution in [3.05, 3.63) is 23.8 Å². The van der Waals surface area contributed by atoms with E-state index in [1.54, 1.807) is 20.3 Å². The molecule has 0 saturated carbocycles. The van der Waals surface area contributed by atoms with Gasteiger partial charge in [-0.3, -0.25) is 0 Å². The molecule has 6 heteroatoms. The second-order valence-electron chi connectivity index (χ2n) is 4.12. The molecule has 0 spiro atoms. The fourth-order valence-corrected chi connectivity index (χ4v) is 1.61. The molecule has 0 atom stereocenters. The lowest BCUT2D eigenvalue weighted by Gasteiger charge is -2.10. The number of ether oxygens (including phenoxy) is 2. The number of halogens is 3. The molecule has 0 heterocycles. The van der Waals surface area contributed by atoms with E-state index in [0.717, 1.165) is 5.56 Å². The third-order valence-electron chi connectivity index (χ3n) is 2.55. The predicted octanol–water partition coefficient (Wildman–Crippen LogP) is 3.14. The molecule has 0 fully saturated rings. The molecule has 19 heavy (non-hydrogen) atoms. The molecule has 3 nitrogen and oxygen atoms in total. The Bertz CT molecular complexity index is 372. The van der Waals surface area contributed by atoms with Crippen LogP contribution in [0.15, 0.2) is 18.2 Å². The van der Waals surface area contributed by atoms with Crippen LogP contribution in [0.2, 0.25) is 0 Å². The Morgan fingerprint density at radius 2 is 1.63 bits per heavy atom. The first-order valence-corrected chi connectivity index (χ1v) is 5.94. The Morgan fingerprint density at radius 3 is 2.11 bits per heavy atom. The highest BCUT2D eigenvalue weighted by molar-refractivity contribution is 5.38. The summed E-state index contributed by atoms with van der Waals surface area (Å²) in [7, 11) is 3.10. The van der Waals surface area contributed by atoms with Gasteiger partial charge in [0, 0.05) is 19.0 Å². The molecule has 0 unspecified atom stereocenters. The van der Waals surface area contributed by atoms with Crippen molar-refractivity contribution in [2.24, 2.45) is 0 Å². The molecule has 1 aromatic rings. The fourth-order valence-electron chi connectivity index (χ4n) is 1.61. The molecule has 0 aliphatic carbocycles. The van der Waals surface area contributed by atoms with Crippen molar-refractivity contribution in [3.8, 4) is 11.5 Å². The van der Waals surface area contributed by atoms with E-state index in [1.165, 1.54) is 0 Å². The lowest BCUT2D eigenvalue weighted by molar-refractivity contribution is -0.135. The molecule has 0 bridgehead atoms. The van der Waals surface area contributed by atoms with Gasteiger partial charge in [0.05, 0.1) is 14.2 Å². The number of hydrogen-bond donors (Lipinski definition) is 1. The van der Waals surface area contributed by atoms with Crippen molar-refractivity contribution in [3.63, 3.8) is 0 Å². The van der Waals surface area contributed by atoms with Gasteiger partial charge in [0.15, 0.2) is 0 Å². The number of rotatable bonds is 7. The second-order valence-corrected chi connectivity index (χ2v) is 4.12. The summed E-state index contributed by atoms with van der Waals surface area (Å²) in [5, 5.41) is 2.97. The Hall–Kier alpha value is -1.43. The van der Waals surface area contributed by atoms with Gasteiger partial charge < -0.3 is 14.8 Å². The predicted molar refractivity (Wildman–Crippen MR) is 66.5 cm³/mol. The van der Waals surface area contributed by atoms with Crippen LogP contribution in [-0.2, 0) is 6.54 Å². The summed E-state index contributed by atoms with van der Waals surface area (Å²) in [4.78, 5) is 0. The van der Waals surface area contributed by atoms with E-state index in [-0.39, 0.29) is 6.42 Å². The summed E-state index contributed by atoms with van der Waals surface area (Å²) < 4.78 is 46.1. The minimum atomic E-state index is -4.08. The van der Waals surface area contributed by atoms with Crippen molar-refractivity contribution < 1.29 is 22.6 Å². The van der Waals surface area contributed by atoms with Gasteiger partial charge in [-0.15, -0.1) is 0 Å². The van der Waals surface area contributed by atoms with Gasteiger partial charge in [-0.2, -0.15) is 13.2 Å². The van der Waals surface area contributed by atoms with E-state index in [1.807, 2.05) is 12.1 Å². The summed E-state index contributed by atoms with van der Waals surface area (Å²) in [5.41, 5.74) is 0.906. The van der Waals surface area contributed by atoms with Crippen LogP contribution in [-0.4, -0.2) is 26.9 Å². The summed E-state index contributed by atoms with van der Waals surface area (Å²) in [6, 6.07) is 5.38. The third-order valence-corrected chi connectivity index (χ3v) is 2.55. The quantitative estimate of drug-likeness (QED) is 0.777. The van der Waals surface area contributed by atoms with E-state index < -0.39 is 12.6 Å². The van der Waals surface area contributed by atoms with Crippen molar-refractivity contribution in [1.82, 2.24) is 5.32 Å². The lowest BCUT2D eigenvalue weighted by Crippen LogP contribution is -2.17. The lowest BCUT2D eigenvalue weighted by atomic mass is 10.2. The minimum absolute atomic E-state index is 0.0740. The first-order chi connectivity index (χ1) is 8.94. The van der Waals surface area contributed by atoms with E-state index in [2.05, 4.69) is 5.32 Å². The van der Waals surface area contributed by atoms with Gasteiger partial charge in [0.2, 0.25) is 0 Å². The Morgan fingerprint density at radius 1 is 1.05 bits per heavy atom. The molecule has 0 radical (unpaired) electrons. The van der Waals surface area contributed by atoms with Crippen molar-refractivity contribution in [1.29, 1.82) is 0 Å². The maximum Gasteiger partial charge on any atom is 0.389 e. The van der Waals surface area contributed by atoms with Gasteiger partial charge in [0.25, 0.3) is 0 Å². The van der Waals surface area contributed by atoms with Gasteiger partial charge in [0.1, 0.15) is 11.5 Å². The van der Waals surface area contributed by atoms with Crippen LogP contribution >= 0.6 is 0 Å². The maximum absolute atomic E-state index is 11.9. The van der Waals surface area contributed by atoms with Gasteiger partial charge in [-0.05, 0) is 30.7 Å². The largest absolute Gasteiger partial charge is 0.497 e. The van der Waals surface area contributed by atoms with Crippen LogP contribution in [0.4, 0.5) is 13.2 Å². The molecule has 108 valence electrons. The molecule has 0 aliphatic heterocycles. The fraction of sp³-hybridized carbons (Fsp3) is 0.538. The van der Waals surface area contributed by atoms with Crippen molar-refractivity contribution >= 4 is 0 Å². The van der Waals surface area contributed by atoms with Crippen LogP contribution in [0.1, 0.15) is 18.4 Å². The van der Waals surface area contributed by atoms with E-state index in [9.17, 15) is 13.2 Å². The number of nitrogens with one attached hydrogen (secondary N) is 1. The number of hydrogen-bond acceptors (Lipinski definition) is 3. The number of alkyl halides is 3. The van der Waals surface area contributed by atoms with Crippen molar-refractivity contribution in [2.75, 3.05) is 20.8 Å². The first kappa shape index (κ1) is 15.6. The molecule has 0 aliphatic rings. The molecule has 1 aromatic carbocycles. The van der Waals surface area contributed by atoms with Crippen LogP contribution < -0.4 is 14.8 Å². The average molecular weight is 277 g/mol. The normalized spacial score (nSPS) is 11.4.